The van der Waals surface area contributed by atoms with E-state index in [4.69, 9.17) is 21.1 Å². The summed E-state index contributed by atoms with van der Waals surface area (Å²) in [6.45, 7) is 0.512. The first kappa shape index (κ1) is 12.2. The number of aliphatic carboxylic acids is 1. The number of carboxylic acids is 1. The fraction of sp³-hybridized carbons (Fsp3) is 0.417. The summed E-state index contributed by atoms with van der Waals surface area (Å²) in [4.78, 5) is 11.2. The maximum atomic E-state index is 11.2. The number of carbonyl (C=O) groups is 1. The van der Waals surface area contributed by atoms with Crippen molar-refractivity contribution >= 4 is 17.6 Å². The maximum absolute atomic E-state index is 11.2. The minimum Gasteiger partial charge on any atom is -0.495 e. The molecule has 5 heteroatoms. The summed E-state index contributed by atoms with van der Waals surface area (Å²) in [5.74, 6) is -0.236. The van der Waals surface area contributed by atoms with Gasteiger partial charge in [0.2, 0.25) is 0 Å². The molecule has 0 radical (unpaired) electrons. The summed E-state index contributed by atoms with van der Waals surface area (Å²) in [6.07, 6.45) is 0.423. The highest BCUT2D eigenvalue weighted by molar-refractivity contribution is 6.32. The Morgan fingerprint density at radius 1 is 1.59 bits per heavy atom. The predicted molar refractivity (Wildman–Crippen MR) is 62.6 cm³/mol. The SMILES string of the molecule is COc1ccc(CC2(C(=O)O)COC2)cc1Cl. The minimum absolute atomic E-state index is 0.256. The summed E-state index contributed by atoms with van der Waals surface area (Å²) < 4.78 is 10.1. The molecule has 0 spiro atoms. The molecule has 0 amide bonds. The Labute approximate surface area is 104 Å². The Balaban J connectivity index is 2.18. The third-order valence-corrected chi connectivity index (χ3v) is 3.26. The van der Waals surface area contributed by atoms with Gasteiger partial charge in [0.25, 0.3) is 0 Å². The average molecular weight is 257 g/mol. The summed E-state index contributed by atoms with van der Waals surface area (Å²) in [5.41, 5.74) is 0.0827. The first-order chi connectivity index (χ1) is 8.07. The molecule has 1 fully saturated rings. The van der Waals surface area contributed by atoms with E-state index in [-0.39, 0.29) is 13.2 Å². The highest BCUT2D eigenvalue weighted by Crippen LogP contribution is 2.34. The zero-order valence-corrected chi connectivity index (χ0v) is 10.2. The molecular weight excluding hydrogens is 244 g/mol. The summed E-state index contributed by atoms with van der Waals surface area (Å²) in [5, 5.41) is 9.67. The number of halogens is 1. The van der Waals surface area contributed by atoms with Crippen molar-refractivity contribution in [3.63, 3.8) is 0 Å². The molecule has 0 aliphatic carbocycles. The number of hydrogen-bond acceptors (Lipinski definition) is 3. The molecule has 0 atom stereocenters. The smallest absolute Gasteiger partial charge is 0.314 e. The number of methoxy groups -OCH3 is 1. The van der Waals surface area contributed by atoms with Crippen LogP contribution in [-0.4, -0.2) is 31.4 Å². The van der Waals surface area contributed by atoms with Crippen LogP contribution < -0.4 is 4.74 Å². The third kappa shape index (κ3) is 2.23. The fourth-order valence-electron chi connectivity index (χ4n) is 1.86. The lowest BCUT2D eigenvalue weighted by Crippen LogP contribution is -2.50. The van der Waals surface area contributed by atoms with E-state index in [9.17, 15) is 9.90 Å². The van der Waals surface area contributed by atoms with Crippen molar-refractivity contribution in [1.29, 1.82) is 0 Å². The normalized spacial score (nSPS) is 17.3. The van der Waals surface area contributed by atoms with Gasteiger partial charge in [-0.25, -0.2) is 0 Å². The van der Waals surface area contributed by atoms with Crippen LogP contribution in [0, 0.1) is 5.41 Å². The molecule has 0 aromatic heterocycles. The highest BCUT2D eigenvalue weighted by Gasteiger charge is 2.46. The van der Waals surface area contributed by atoms with E-state index in [1.165, 1.54) is 0 Å². The number of benzene rings is 1. The fourth-order valence-corrected chi connectivity index (χ4v) is 2.14. The van der Waals surface area contributed by atoms with Crippen molar-refractivity contribution in [3.05, 3.63) is 28.8 Å². The molecule has 92 valence electrons. The van der Waals surface area contributed by atoms with Crippen LogP contribution in [-0.2, 0) is 16.0 Å². The third-order valence-electron chi connectivity index (χ3n) is 2.97. The van der Waals surface area contributed by atoms with Crippen LogP contribution in [0.2, 0.25) is 5.02 Å². The van der Waals surface area contributed by atoms with Gasteiger partial charge in [-0.3, -0.25) is 4.79 Å². The van der Waals surface area contributed by atoms with Crippen LogP contribution >= 0.6 is 11.6 Å². The Morgan fingerprint density at radius 2 is 2.29 bits per heavy atom. The van der Waals surface area contributed by atoms with Gasteiger partial charge >= 0.3 is 5.97 Å². The van der Waals surface area contributed by atoms with Crippen LogP contribution in [0.3, 0.4) is 0 Å². The second kappa shape index (κ2) is 4.55. The quantitative estimate of drug-likeness (QED) is 0.895. The molecule has 1 saturated heterocycles. The van der Waals surface area contributed by atoms with Gasteiger partial charge in [0.1, 0.15) is 11.2 Å². The van der Waals surface area contributed by atoms with Gasteiger partial charge < -0.3 is 14.6 Å². The minimum atomic E-state index is -0.823. The van der Waals surface area contributed by atoms with Gasteiger partial charge in [-0.1, -0.05) is 17.7 Å². The molecule has 2 rings (SSSR count). The molecule has 0 unspecified atom stereocenters. The van der Waals surface area contributed by atoms with Crippen molar-refractivity contribution in [2.24, 2.45) is 5.41 Å². The molecule has 1 heterocycles. The van der Waals surface area contributed by atoms with E-state index in [1.807, 2.05) is 6.07 Å². The van der Waals surface area contributed by atoms with Gasteiger partial charge in [-0.05, 0) is 24.1 Å². The second-order valence-corrected chi connectivity index (χ2v) is 4.63. The zero-order chi connectivity index (χ0) is 12.5. The van der Waals surface area contributed by atoms with Crippen LogP contribution in [0.5, 0.6) is 5.75 Å². The zero-order valence-electron chi connectivity index (χ0n) is 9.40. The lowest BCUT2D eigenvalue weighted by Gasteiger charge is -2.37. The van der Waals surface area contributed by atoms with E-state index in [2.05, 4.69) is 0 Å². The van der Waals surface area contributed by atoms with E-state index < -0.39 is 11.4 Å². The number of hydrogen-bond donors (Lipinski definition) is 1. The van der Waals surface area contributed by atoms with Gasteiger partial charge in [0, 0.05) is 0 Å². The molecule has 0 bridgehead atoms. The monoisotopic (exact) mass is 256 g/mol. The van der Waals surface area contributed by atoms with Crippen LogP contribution in [0.4, 0.5) is 0 Å². The van der Waals surface area contributed by atoms with Crippen LogP contribution in [0.1, 0.15) is 5.56 Å². The Kier molecular flexibility index (Phi) is 3.26. The van der Waals surface area contributed by atoms with Gasteiger partial charge in [-0.15, -0.1) is 0 Å². The van der Waals surface area contributed by atoms with Crippen molar-refractivity contribution in [2.75, 3.05) is 20.3 Å². The van der Waals surface area contributed by atoms with E-state index >= 15 is 0 Å². The van der Waals surface area contributed by atoms with Gasteiger partial charge in [0.15, 0.2) is 0 Å². The standard InChI is InChI=1S/C12H13ClO4/c1-16-10-3-2-8(4-9(10)13)5-12(11(14)15)6-17-7-12/h2-4H,5-7H2,1H3,(H,14,15). The van der Waals surface area contributed by atoms with Crippen LogP contribution in [0.25, 0.3) is 0 Å². The lowest BCUT2D eigenvalue weighted by molar-refractivity contribution is -0.179. The topological polar surface area (TPSA) is 55.8 Å². The number of ether oxygens (including phenoxy) is 2. The first-order valence-electron chi connectivity index (χ1n) is 5.21. The average Bonchev–Trinajstić information content (AvgIpc) is 2.23. The van der Waals surface area contributed by atoms with E-state index in [1.54, 1.807) is 19.2 Å². The molecule has 1 N–H and O–H groups in total. The van der Waals surface area contributed by atoms with Crippen molar-refractivity contribution in [3.8, 4) is 5.75 Å². The van der Waals surface area contributed by atoms with Crippen molar-refractivity contribution < 1.29 is 19.4 Å². The molecule has 1 aromatic rings. The Hall–Kier alpha value is -1.26. The maximum Gasteiger partial charge on any atom is 0.314 e. The van der Waals surface area contributed by atoms with E-state index in [0.29, 0.717) is 17.2 Å². The second-order valence-electron chi connectivity index (χ2n) is 4.22. The molecule has 17 heavy (non-hydrogen) atoms. The van der Waals surface area contributed by atoms with Gasteiger partial charge in [0.05, 0.1) is 25.3 Å². The first-order valence-corrected chi connectivity index (χ1v) is 5.59. The highest BCUT2D eigenvalue weighted by atomic mass is 35.5. The molecule has 1 aliphatic heterocycles. The van der Waals surface area contributed by atoms with E-state index in [0.717, 1.165) is 5.56 Å². The Bertz CT molecular complexity index is 440. The Morgan fingerprint density at radius 3 is 2.71 bits per heavy atom. The lowest BCUT2D eigenvalue weighted by atomic mass is 9.80. The van der Waals surface area contributed by atoms with Crippen molar-refractivity contribution in [2.45, 2.75) is 6.42 Å². The largest absolute Gasteiger partial charge is 0.495 e. The summed E-state index contributed by atoms with van der Waals surface area (Å²) in [6, 6.07) is 5.31. The summed E-state index contributed by atoms with van der Waals surface area (Å²) in [7, 11) is 1.54. The molecule has 4 nitrogen and oxygen atoms in total. The number of carboxylic acid groups (broad SMARTS) is 1. The molecule has 0 saturated carbocycles. The molecule has 1 aliphatic rings. The number of rotatable bonds is 4. The molecule has 1 aromatic carbocycles. The molecular formula is C12H13ClO4. The van der Waals surface area contributed by atoms with Crippen molar-refractivity contribution in [1.82, 2.24) is 0 Å². The van der Waals surface area contributed by atoms with Crippen LogP contribution in [0.15, 0.2) is 18.2 Å². The summed E-state index contributed by atoms with van der Waals surface area (Å²) >= 11 is 6.00. The van der Waals surface area contributed by atoms with Gasteiger partial charge in [-0.2, -0.15) is 0 Å². The predicted octanol–water partition coefficient (Wildman–Crippen LogP) is 1.99.